The molecule has 0 aliphatic rings. The fraction of sp³-hybridized carbons (Fsp3) is 0.250. The zero-order chi connectivity index (χ0) is 17.6. The molecule has 1 amide bonds. The molecule has 0 saturated heterocycles. The molecular weight excluding hydrogens is 380 g/mol. The average Bonchev–Trinajstić information content (AvgIpc) is 3.19. The second kappa shape index (κ2) is 8.46. The van der Waals surface area contributed by atoms with Crippen LogP contribution >= 0.6 is 34.7 Å². The van der Waals surface area contributed by atoms with Gasteiger partial charge < -0.3 is 9.84 Å². The van der Waals surface area contributed by atoms with Gasteiger partial charge in [-0.1, -0.05) is 58.6 Å². The number of thioether (sulfide) groups is 1. The summed E-state index contributed by atoms with van der Waals surface area (Å²) < 4.78 is 5.69. The van der Waals surface area contributed by atoms with Crippen molar-refractivity contribution in [2.24, 2.45) is 0 Å². The van der Waals surface area contributed by atoms with Gasteiger partial charge in [0.15, 0.2) is 4.34 Å². The van der Waals surface area contributed by atoms with Crippen molar-refractivity contribution in [2.75, 3.05) is 5.32 Å². The lowest BCUT2D eigenvalue weighted by molar-refractivity contribution is -0.116. The molecule has 1 aromatic carbocycles. The van der Waals surface area contributed by atoms with Gasteiger partial charge in [0, 0.05) is 17.7 Å². The number of benzene rings is 1. The lowest BCUT2D eigenvalue weighted by Gasteiger charge is -2.00. The van der Waals surface area contributed by atoms with E-state index in [1.165, 1.54) is 16.9 Å². The number of hydrogen-bond donors (Lipinski definition) is 1. The van der Waals surface area contributed by atoms with Crippen LogP contribution in [0.5, 0.6) is 0 Å². The van der Waals surface area contributed by atoms with Gasteiger partial charge in [0.2, 0.25) is 16.3 Å². The number of nitrogens with one attached hydrogen (secondary N) is 1. The minimum Gasteiger partial charge on any atom is -0.344 e. The molecule has 1 N–H and O–H groups in total. The zero-order valence-electron chi connectivity index (χ0n) is 13.4. The predicted molar refractivity (Wildman–Crippen MR) is 99.1 cm³/mol. The van der Waals surface area contributed by atoms with E-state index in [0.29, 0.717) is 17.2 Å². The molecule has 9 heteroatoms. The van der Waals surface area contributed by atoms with Crippen LogP contribution < -0.4 is 5.32 Å². The first kappa shape index (κ1) is 17.9. The largest absolute Gasteiger partial charge is 0.344 e. The summed E-state index contributed by atoms with van der Waals surface area (Å²) in [6.45, 7) is 1.80. The molecule has 0 spiro atoms. The molecule has 0 atom stereocenters. The highest BCUT2D eigenvalue weighted by atomic mass is 35.5. The van der Waals surface area contributed by atoms with E-state index in [1.54, 1.807) is 18.7 Å². The quantitative estimate of drug-likeness (QED) is 0.474. The standard InChI is InChI=1S/C16H15ClN4O2S2/c1-10-12(14(17)23-21-10)7-8-13(22)18-15-19-20-16(25-15)24-9-11-5-3-2-4-6-11/h2-6H,7-9H2,1H3,(H,18,19,22). The maximum absolute atomic E-state index is 12.0. The van der Waals surface area contributed by atoms with Crippen LogP contribution in [0.25, 0.3) is 0 Å². The lowest BCUT2D eigenvalue weighted by Crippen LogP contribution is -2.12. The summed E-state index contributed by atoms with van der Waals surface area (Å²) in [5, 5.41) is 15.4. The summed E-state index contributed by atoms with van der Waals surface area (Å²) in [6.07, 6.45) is 0.738. The Morgan fingerprint density at radius 2 is 2.12 bits per heavy atom. The van der Waals surface area contributed by atoms with Gasteiger partial charge in [0.25, 0.3) is 0 Å². The number of amides is 1. The van der Waals surface area contributed by atoms with E-state index < -0.39 is 0 Å². The topological polar surface area (TPSA) is 80.9 Å². The summed E-state index contributed by atoms with van der Waals surface area (Å²) >= 11 is 8.85. The molecule has 0 radical (unpaired) electrons. The average molecular weight is 395 g/mol. The van der Waals surface area contributed by atoms with E-state index in [9.17, 15) is 4.79 Å². The van der Waals surface area contributed by atoms with Gasteiger partial charge in [0.1, 0.15) is 0 Å². The fourth-order valence-electron chi connectivity index (χ4n) is 2.10. The van der Waals surface area contributed by atoms with E-state index in [1.807, 2.05) is 18.2 Å². The van der Waals surface area contributed by atoms with Gasteiger partial charge in [0.05, 0.1) is 5.69 Å². The molecule has 3 aromatic rings. The first-order valence-electron chi connectivity index (χ1n) is 7.52. The molecule has 6 nitrogen and oxygen atoms in total. The Morgan fingerprint density at radius 1 is 1.32 bits per heavy atom. The van der Waals surface area contributed by atoms with Crippen LogP contribution in [0.3, 0.4) is 0 Å². The van der Waals surface area contributed by atoms with E-state index >= 15 is 0 Å². The van der Waals surface area contributed by atoms with Gasteiger partial charge in [-0.3, -0.25) is 4.79 Å². The zero-order valence-corrected chi connectivity index (χ0v) is 15.7. The summed E-state index contributed by atoms with van der Waals surface area (Å²) in [4.78, 5) is 12.0. The normalized spacial score (nSPS) is 10.8. The third-order valence-electron chi connectivity index (χ3n) is 3.40. The summed E-state index contributed by atoms with van der Waals surface area (Å²) in [7, 11) is 0. The molecular formula is C16H15ClN4O2S2. The molecule has 2 heterocycles. The molecule has 3 rings (SSSR count). The van der Waals surface area contributed by atoms with Crippen LogP contribution in [0, 0.1) is 6.92 Å². The summed E-state index contributed by atoms with van der Waals surface area (Å²) in [5.74, 6) is 0.668. The van der Waals surface area contributed by atoms with E-state index in [2.05, 4.69) is 32.8 Å². The smallest absolute Gasteiger partial charge is 0.229 e. The Balaban J connectivity index is 1.48. The second-order valence-corrected chi connectivity index (χ2v) is 7.76. The van der Waals surface area contributed by atoms with Crippen molar-refractivity contribution in [3.8, 4) is 0 Å². The molecule has 0 aliphatic carbocycles. The maximum atomic E-state index is 12.0. The number of carbonyl (C=O) groups is 1. The van der Waals surface area contributed by atoms with Crippen LogP contribution in [0.1, 0.15) is 23.2 Å². The number of aryl methyl sites for hydroxylation is 1. The van der Waals surface area contributed by atoms with E-state index in [0.717, 1.165) is 15.7 Å². The first-order valence-corrected chi connectivity index (χ1v) is 9.70. The van der Waals surface area contributed by atoms with E-state index in [4.69, 9.17) is 16.1 Å². The van der Waals surface area contributed by atoms with Crippen LogP contribution in [0.15, 0.2) is 39.2 Å². The predicted octanol–water partition coefficient (Wildman–Crippen LogP) is 4.35. The van der Waals surface area contributed by atoms with Crippen molar-refractivity contribution in [3.63, 3.8) is 0 Å². The van der Waals surface area contributed by atoms with Crippen LogP contribution in [0.4, 0.5) is 5.13 Å². The maximum Gasteiger partial charge on any atom is 0.229 e. The van der Waals surface area contributed by atoms with E-state index in [-0.39, 0.29) is 17.5 Å². The van der Waals surface area contributed by atoms with Crippen molar-refractivity contribution in [3.05, 3.63) is 52.4 Å². The Bertz CT molecular complexity index is 831. The highest BCUT2D eigenvalue weighted by Crippen LogP contribution is 2.28. The number of aromatic nitrogens is 3. The number of anilines is 1. The molecule has 0 fully saturated rings. The number of hydrogen-bond acceptors (Lipinski definition) is 7. The number of nitrogens with zero attached hydrogens (tertiary/aromatic N) is 3. The van der Waals surface area contributed by atoms with Crippen molar-refractivity contribution < 1.29 is 9.32 Å². The van der Waals surface area contributed by atoms with Crippen LogP contribution in [-0.2, 0) is 17.0 Å². The van der Waals surface area contributed by atoms with Gasteiger partial charge in [-0.2, -0.15) is 0 Å². The molecule has 25 heavy (non-hydrogen) atoms. The SMILES string of the molecule is Cc1noc(Cl)c1CCC(=O)Nc1nnc(SCc2ccccc2)s1. The van der Waals surface area contributed by atoms with Crippen LogP contribution in [-0.4, -0.2) is 21.3 Å². The molecule has 0 unspecified atom stereocenters. The number of halogens is 1. The second-order valence-electron chi connectivity index (χ2n) is 5.22. The Kier molecular flexibility index (Phi) is 6.06. The minimum absolute atomic E-state index is 0.146. The lowest BCUT2D eigenvalue weighted by atomic mass is 10.1. The van der Waals surface area contributed by atoms with Gasteiger partial charge in [-0.05, 0) is 30.5 Å². The van der Waals surface area contributed by atoms with Crippen molar-refractivity contribution >= 4 is 45.7 Å². The Labute approximate surface area is 158 Å². The Hall–Kier alpha value is -1.90. The first-order chi connectivity index (χ1) is 12.1. The highest BCUT2D eigenvalue weighted by molar-refractivity contribution is 8.00. The number of carbonyl (C=O) groups excluding carboxylic acids is 1. The minimum atomic E-state index is -0.146. The van der Waals surface area contributed by atoms with Crippen molar-refractivity contribution in [2.45, 2.75) is 29.9 Å². The molecule has 130 valence electrons. The van der Waals surface area contributed by atoms with Gasteiger partial charge in [-0.25, -0.2) is 0 Å². The summed E-state index contributed by atoms with van der Waals surface area (Å²) in [5.41, 5.74) is 2.68. The molecule has 0 bridgehead atoms. The molecule has 2 aromatic heterocycles. The third kappa shape index (κ3) is 5.04. The summed E-state index contributed by atoms with van der Waals surface area (Å²) in [6, 6.07) is 10.1. The van der Waals surface area contributed by atoms with Crippen LogP contribution in [0.2, 0.25) is 5.22 Å². The number of rotatable bonds is 7. The monoisotopic (exact) mass is 394 g/mol. The van der Waals surface area contributed by atoms with Crippen molar-refractivity contribution in [1.29, 1.82) is 0 Å². The molecule has 0 saturated carbocycles. The molecule has 0 aliphatic heterocycles. The van der Waals surface area contributed by atoms with Crippen molar-refractivity contribution in [1.82, 2.24) is 15.4 Å². The Morgan fingerprint density at radius 3 is 2.84 bits per heavy atom. The van der Waals surface area contributed by atoms with Gasteiger partial charge in [-0.15, -0.1) is 10.2 Å². The third-order valence-corrected chi connectivity index (χ3v) is 5.74. The fourth-order valence-corrected chi connectivity index (χ4v) is 4.09. The van der Waals surface area contributed by atoms with Gasteiger partial charge >= 0.3 is 0 Å². The highest BCUT2D eigenvalue weighted by Gasteiger charge is 2.14.